The lowest BCUT2D eigenvalue weighted by atomic mass is 9.98. The van der Waals surface area contributed by atoms with E-state index in [-0.39, 0.29) is 18.6 Å². The molecule has 0 radical (unpaired) electrons. The Morgan fingerprint density at radius 1 is 1.10 bits per heavy atom. The maximum Gasteiger partial charge on any atom is 0.317 e. The molecule has 1 rings (SSSR count). The molecule has 0 aliphatic heterocycles. The molecular formula is C17H27NO2. The van der Waals surface area contributed by atoms with Crippen LogP contribution in [0.4, 0.5) is 0 Å². The lowest BCUT2D eigenvalue weighted by Crippen LogP contribution is -2.39. The Morgan fingerprint density at radius 3 is 2.00 bits per heavy atom. The van der Waals surface area contributed by atoms with Gasteiger partial charge in [0, 0.05) is 12.1 Å². The number of aliphatic carboxylic acids is 1. The SMILES string of the molecule is CCC(C)N(CC(=O)O)C(C)c1ccc(C(C)C)cc1. The Morgan fingerprint density at radius 2 is 1.60 bits per heavy atom. The zero-order chi connectivity index (χ0) is 15.3. The number of hydrogen-bond acceptors (Lipinski definition) is 2. The topological polar surface area (TPSA) is 40.5 Å². The quantitative estimate of drug-likeness (QED) is 0.817. The average molecular weight is 277 g/mol. The Kier molecular flexibility index (Phi) is 6.21. The van der Waals surface area contributed by atoms with Crippen molar-refractivity contribution in [3.63, 3.8) is 0 Å². The van der Waals surface area contributed by atoms with Crippen LogP contribution in [0.3, 0.4) is 0 Å². The van der Waals surface area contributed by atoms with Gasteiger partial charge in [0.25, 0.3) is 0 Å². The van der Waals surface area contributed by atoms with Gasteiger partial charge in [0.2, 0.25) is 0 Å². The van der Waals surface area contributed by atoms with Crippen LogP contribution in [0.15, 0.2) is 24.3 Å². The molecule has 3 nitrogen and oxygen atoms in total. The summed E-state index contributed by atoms with van der Waals surface area (Å²) in [6.45, 7) is 10.7. The van der Waals surface area contributed by atoms with Crippen LogP contribution in [0.5, 0.6) is 0 Å². The maximum atomic E-state index is 11.1. The molecular weight excluding hydrogens is 250 g/mol. The van der Waals surface area contributed by atoms with Crippen LogP contribution < -0.4 is 0 Å². The van der Waals surface area contributed by atoms with Crippen LogP contribution in [0, 0.1) is 0 Å². The first kappa shape index (κ1) is 16.7. The zero-order valence-electron chi connectivity index (χ0n) is 13.3. The molecule has 2 unspecified atom stereocenters. The van der Waals surface area contributed by atoms with Crippen LogP contribution in [0.1, 0.15) is 64.1 Å². The molecule has 0 aliphatic rings. The molecule has 0 aliphatic carbocycles. The Balaban J connectivity index is 2.93. The molecule has 112 valence electrons. The molecule has 0 aromatic heterocycles. The molecule has 0 amide bonds. The highest BCUT2D eigenvalue weighted by Gasteiger charge is 2.22. The Bertz CT molecular complexity index is 425. The van der Waals surface area contributed by atoms with Gasteiger partial charge in [0.1, 0.15) is 0 Å². The van der Waals surface area contributed by atoms with E-state index in [4.69, 9.17) is 5.11 Å². The third-order valence-electron chi connectivity index (χ3n) is 4.06. The summed E-state index contributed by atoms with van der Waals surface area (Å²) >= 11 is 0. The van der Waals surface area contributed by atoms with Crippen LogP contribution in [-0.2, 0) is 4.79 Å². The summed E-state index contributed by atoms with van der Waals surface area (Å²) in [4.78, 5) is 13.1. The fourth-order valence-electron chi connectivity index (χ4n) is 2.42. The van der Waals surface area contributed by atoms with Gasteiger partial charge in [-0.25, -0.2) is 0 Å². The minimum absolute atomic E-state index is 0.0854. The molecule has 0 saturated heterocycles. The van der Waals surface area contributed by atoms with Gasteiger partial charge < -0.3 is 5.11 Å². The fraction of sp³-hybridized carbons (Fsp3) is 0.588. The molecule has 0 spiro atoms. The number of carboxylic acids is 1. The van der Waals surface area contributed by atoms with E-state index < -0.39 is 5.97 Å². The summed E-state index contributed by atoms with van der Waals surface area (Å²) in [5.41, 5.74) is 2.49. The smallest absolute Gasteiger partial charge is 0.317 e. The first-order valence-electron chi connectivity index (χ1n) is 7.44. The van der Waals surface area contributed by atoms with E-state index >= 15 is 0 Å². The van der Waals surface area contributed by atoms with Gasteiger partial charge in [-0.05, 0) is 37.3 Å². The van der Waals surface area contributed by atoms with E-state index in [1.54, 1.807) is 0 Å². The molecule has 2 atom stereocenters. The summed E-state index contributed by atoms with van der Waals surface area (Å²) in [5.74, 6) is -0.250. The number of carbonyl (C=O) groups is 1. The lowest BCUT2D eigenvalue weighted by Gasteiger charge is -2.33. The van der Waals surface area contributed by atoms with Crippen molar-refractivity contribution < 1.29 is 9.90 Å². The molecule has 0 bridgehead atoms. The molecule has 0 fully saturated rings. The first-order valence-corrected chi connectivity index (χ1v) is 7.44. The number of hydrogen-bond donors (Lipinski definition) is 1. The lowest BCUT2D eigenvalue weighted by molar-refractivity contribution is -0.139. The van der Waals surface area contributed by atoms with Crippen molar-refractivity contribution in [2.45, 2.75) is 59.0 Å². The summed E-state index contributed by atoms with van der Waals surface area (Å²) < 4.78 is 0. The van der Waals surface area contributed by atoms with Gasteiger partial charge in [-0.15, -0.1) is 0 Å². The van der Waals surface area contributed by atoms with Crippen molar-refractivity contribution >= 4 is 5.97 Å². The number of rotatable bonds is 7. The van der Waals surface area contributed by atoms with E-state index in [1.165, 1.54) is 11.1 Å². The minimum Gasteiger partial charge on any atom is -0.480 e. The van der Waals surface area contributed by atoms with Gasteiger partial charge in [-0.2, -0.15) is 0 Å². The molecule has 0 saturated carbocycles. The van der Waals surface area contributed by atoms with E-state index in [0.717, 1.165) is 6.42 Å². The molecule has 1 N–H and O–H groups in total. The second kappa shape index (κ2) is 7.44. The zero-order valence-corrected chi connectivity index (χ0v) is 13.3. The molecule has 20 heavy (non-hydrogen) atoms. The third kappa shape index (κ3) is 4.34. The summed E-state index contributed by atoms with van der Waals surface area (Å²) in [5, 5.41) is 9.10. The standard InChI is InChI=1S/C17H27NO2/c1-6-13(4)18(11-17(19)20)14(5)16-9-7-15(8-10-16)12(2)3/h7-10,12-14H,6,11H2,1-5H3,(H,19,20). The highest BCUT2D eigenvalue weighted by molar-refractivity contribution is 5.69. The van der Waals surface area contributed by atoms with Gasteiger partial charge in [0.05, 0.1) is 6.54 Å². The number of benzene rings is 1. The van der Waals surface area contributed by atoms with Crippen LogP contribution in [0.2, 0.25) is 0 Å². The largest absolute Gasteiger partial charge is 0.480 e. The summed E-state index contributed by atoms with van der Waals surface area (Å²) in [6.07, 6.45) is 0.946. The Hall–Kier alpha value is -1.35. The van der Waals surface area contributed by atoms with Crippen LogP contribution in [-0.4, -0.2) is 28.6 Å². The number of nitrogens with zero attached hydrogens (tertiary/aromatic N) is 1. The molecule has 0 heterocycles. The summed E-state index contributed by atoms with van der Waals surface area (Å²) in [6, 6.07) is 8.90. The predicted octanol–water partition coefficient (Wildman–Crippen LogP) is 4.06. The normalized spacial score (nSPS) is 14.6. The van der Waals surface area contributed by atoms with Crippen molar-refractivity contribution in [1.82, 2.24) is 4.90 Å². The van der Waals surface area contributed by atoms with E-state index in [2.05, 4.69) is 58.9 Å². The van der Waals surface area contributed by atoms with Gasteiger partial charge >= 0.3 is 5.97 Å². The van der Waals surface area contributed by atoms with Crippen molar-refractivity contribution in [2.75, 3.05) is 6.54 Å². The van der Waals surface area contributed by atoms with Gasteiger partial charge in [-0.1, -0.05) is 45.0 Å². The van der Waals surface area contributed by atoms with Crippen molar-refractivity contribution in [2.24, 2.45) is 0 Å². The fourth-order valence-corrected chi connectivity index (χ4v) is 2.42. The van der Waals surface area contributed by atoms with E-state index in [0.29, 0.717) is 5.92 Å². The Labute approximate surface area is 122 Å². The van der Waals surface area contributed by atoms with E-state index in [9.17, 15) is 4.79 Å². The van der Waals surface area contributed by atoms with Crippen LogP contribution in [0.25, 0.3) is 0 Å². The highest BCUT2D eigenvalue weighted by Crippen LogP contribution is 2.25. The molecule has 1 aromatic rings. The molecule has 3 heteroatoms. The van der Waals surface area contributed by atoms with Crippen molar-refractivity contribution in [1.29, 1.82) is 0 Å². The average Bonchev–Trinajstić information content (AvgIpc) is 2.43. The number of carboxylic acid groups (broad SMARTS) is 1. The first-order chi connectivity index (χ1) is 9.36. The second-order valence-electron chi connectivity index (χ2n) is 5.82. The second-order valence-corrected chi connectivity index (χ2v) is 5.82. The van der Waals surface area contributed by atoms with Crippen molar-refractivity contribution in [3.8, 4) is 0 Å². The van der Waals surface area contributed by atoms with Crippen molar-refractivity contribution in [3.05, 3.63) is 35.4 Å². The maximum absolute atomic E-state index is 11.1. The van der Waals surface area contributed by atoms with E-state index in [1.807, 2.05) is 4.90 Å². The van der Waals surface area contributed by atoms with Crippen LogP contribution >= 0.6 is 0 Å². The predicted molar refractivity (Wildman–Crippen MR) is 83.0 cm³/mol. The van der Waals surface area contributed by atoms with Gasteiger partial charge in [-0.3, -0.25) is 9.69 Å². The van der Waals surface area contributed by atoms with Gasteiger partial charge in [0.15, 0.2) is 0 Å². The summed E-state index contributed by atoms with van der Waals surface area (Å²) in [7, 11) is 0. The monoisotopic (exact) mass is 277 g/mol. The molecule has 1 aromatic carbocycles. The third-order valence-corrected chi connectivity index (χ3v) is 4.06. The highest BCUT2D eigenvalue weighted by atomic mass is 16.4. The minimum atomic E-state index is -0.768.